The van der Waals surface area contributed by atoms with Crippen molar-refractivity contribution in [1.29, 1.82) is 0 Å². The van der Waals surface area contributed by atoms with Gasteiger partial charge in [-0.2, -0.15) is 5.10 Å². The zero-order valence-electron chi connectivity index (χ0n) is 12.2. The number of nitrogens with zero attached hydrogens (tertiary/aromatic N) is 2. The number of hydrogen-bond acceptors (Lipinski definition) is 4. The van der Waals surface area contributed by atoms with Crippen LogP contribution in [0.5, 0.6) is 0 Å². The van der Waals surface area contributed by atoms with E-state index in [1.165, 1.54) is 11.8 Å². The molecule has 0 fully saturated rings. The number of carboxylic acid groups (broad SMARTS) is 1. The maximum absolute atomic E-state index is 12.0. The summed E-state index contributed by atoms with van der Waals surface area (Å²) in [5, 5.41) is 15.6. The van der Waals surface area contributed by atoms with E-state index in [1.807, 2.05) is 37.3 Å². The molecule has 0 saturated heterocycles. The van der Waals surface area contributed by atoms with Gasteiger partial charge in [-0.1, -0.05) is 18.2 Å². The molecule has 2 rings (SSSR count). The van der Waals surface area contributed by atoms with Crippen molar-refractivity contribution >= 4 is 23.6 Å². The SMILES string of the molecule is Cc1cc(C(=O)NCCSCC(=O)O)nn1-c1ccccc1. The van der Waals surface area contributed by atoms with Crippen LogP contribution in [0.1, 0.15) is 16.2 Å². The van der Waals surface area contributed by atoms with E-state index in [9.17, 15) is 9.59 Å². The Bertz CT molecular complexity index is 655. The number of benzene rings is 1. The molecule has 0 bridgehead atoms. The monoisotopic (exact) mass is 319 g/mol. The Morgan fingerprint density at radius 2 is 2.05 bits per heavy atom. The van der Waals surface area contributed by atoms with Crippen LogP contribution >= 0.6 is 11.8 Å². The molecule has 0 aliphatic heterocycles. The molecule has 22 heavy (non-hydrogen) atoms. The molecule has 116 valence electrons. The highest BCUT2D eigenvalue weighted by atomic mass is 32.2. The number of nitrogens with one attached hydrogen (secondary N) is 1. The largest absolute Gasteiger partial charge is 0.481 e. The predicted octanol–water partition coefficient (Wildman–Crippen LogP) is 1.73. The number of carbonyl (C=O) groups is 2. The van der Waals surface area contributed by atoms with Gasteiger partial charge in [-0.25, -0.2) is 4.68 Å². The molecule has 7 heteroatoms. The number of amides is 1. The molecule has 0 saturated carbocycles. The van der Waals surface area contributed by atoms with Gasteiger partial charge in [0.1, 0.15) is 0 Å². The first-order valence-corrected chi connectivity index (χ1v) is 7.93. The van der Waals surface area contributed by atoms with Crippen LogP contribution in [0.25, 0.3) is 5.69 Å². The van der Waals surface area contributed by atoms with Crippen LogP contribution in [0.3, 0.4) is 0 Å². The number of aliphatic carboxylic acids is 1. The lowest BCUT2D eigenvalue weighted by Crippen LogP contribution is -2.26. The van der Waals surface area contributed by atoms with Gasteiger partial charge in [0.15, 0.2) is 5.69 Å². The summed E-state index contributed by atoms with van der Waals surface area (Å²) < 4.78 is 1.72. The Balaban J connectivity index is 1.93. The third-order valence-electron chi connectivity index (χ3n) is 2.88. The molecular formula is C15H17N3O3S. The van der Waals surface area contributed by atoms with Gasteiger partial charge in [-0.3, -0.25) is 9.59 Å². The van der Waals surface area contributed by atoms with Gasteiger partial charge < -0.3 is 10.4 Å². The summed E-state index contributed by atoms with van der Waals surface area (Å²) >= 11 is 1.26. The van der Waals surface area contributed by atoms with Crippen LogP contribution in [0.4, 0.5) is 0 Å². The fraction of sp³-hybridized carbons (Fsp3) is 0.267. The fourth-order valence-corrected chi connectivity index (χ4v) is 2.47. The summed E-state index contributed by atoms with van der Waals surface area (Å²) in [4.78, 5) is 22.4. The Hall–Kier alpha value is -2.28. The lowest BCUT2D eigenvalue weighted by Gasteiger charge is -2.03. The van der Waals surface area contributed by atoms with Crippen molar-refractivity contribution in [3.05, 3.63) is 47.8 Å². The maximum atomic E-state index is 12.0. The third-order valence-corrected chi connectivity index (χ3v) is 3.82. The Morgan fingerprint density at radius 1 is 1.32 bits per heavy atom. The summed E-state index contributed by atoms with van der Waals surface area (Å²) in [6, 6.07) is 11.3. The van der Waals surface area contributed by atoms with Crippen LogP contribution in [0.15, 0.2) is 36.4 Å². The molecule has 0 atom stereocenters. The number of rotatable bonds is 7. The first-order valence-electron chi connectivity index (χ1n) is 6.78. The van der Waals surface area contributed by atoms with Crippen molar-refractivity contribution < 1.29 is 14.7 Å². The first-order chi connectivity index (χ1) is 10.6. The fourth-order valence-electron chi connectivity index (χ4n) is 1.90. The minimum Gasteiger partial charge on any atom is -0.481 e. The maximum Gasteiger partial charge on any atom is 0.313 e. The first kappa shape index (κ1) is 16.1. The highest BCUT2D eigenvalue weighted by molar-refractivity contribution is 7.99. The van der Waals surface area contributed by atoms with Crippen molar-refractivity contribution in [2.75, 3.05) is 18.1 Å². The lowest BCUT2D eigenvalue weighted by molar-refractivity contribution is -0.133. The second kappa shape index (κ2) is 7.65. The van der Waals surface area contributed by atoms with Crippen molar-refractivity contribution in [2.24, 2.45) is 0 Å². The van der Waals surface area contributed by atoms with E-state index in [0.717, 1.165) is 11.4 Å². The topological polar surface area (TPSA) is 84.2 Å². The van der Waals surface area contributed by atoms with Crippen LogP contribution in [-0.2, 0) is 4.79 Å². The van der Waals surface area contributed by atoms with Crippen molar-refractivity contribution in [3.63, 3.8) is 0 Å². The summed E-state index contributed by atoms with van der Waals surface area (Å²) in [7, 11) is 0. The molecule has 0 aliphatic carbocycles. The van der Waals surface area contributed by atoms with Crippen LogP contribution in [-0.4, -0.2) is 44.8 Å². The van der Waals surface area contributed by atoms with Crippen molar-refractivity contribution in [1.82, 2.24) is 15.1 Å². The second-order valence-electron chi connectivity index (χ2n) is 4.62. The second-order valence-corrected chi connectivity index (χ2v) is 5.73. The van der Waals surface area contributed by atoms with E-state index in [0.29, 0.717) is 18.0 Å². The number of thioether (sulfide) groups is 1. The van der Waals surface area contributed by atoms with Crippen molar-refractivity contribution in [3.8, 4) is 5.69 Å². The van der Waals surface area contributed by atoms with Gasteiger partial charge in [0, 0.05) is 18.0 Å². The highest BCUT2D eigenvalue weighted by Crippen LogP contribution is 2.11. The quantitative estimate of drug-likeness (QED) is 0.759. The molecule has 0 spiro atoms. The number of hydrogen-bond donors (Lipinski definition) is 2. The molecule has 1 heterocycles. The Kier molecular flexibility index (Phi) is 5.60. The third kappa shape index (κ3) is 4.36. The minimum absolute atomic E-state index is 0.0393. The smallest absolute Gasteiger partial charge is 0.313 e. The van der Waals surface area contributed by atoms with Gasteiger partial charge in [-0.05, 0) is 25.1 Å². The summed E-state index contributed by atoms with van der Waals surface area (Å²) in [5.41, 5.74) is 2.12. The number of para-hydroxylation sites is 1. The number of aryl methyl sites for hydroxylation is 1. The Labute approximate surface area is 132 Å². The van der Waals surface area contributed by atoms with Crippen molar-refractivity contribution in [2.45, 2.75) is 6.92 Å². The summed E-state index contributed by atoms with van der Waals surface area (Å²) in [6.07, 6.45) is 0. The molecule has 1 amide bonds. The van der Waals surface area contributed by atoms with Crippen LogP contribution in [0, 0.1) is 6.92 Å². The lowest BCUT2D eigenvalue weighted by atomic mass is 10.3. The normalized spacial score (nSPS) is 10.4. The van der Waals surface area contributed by atoms with Gasteiger partial charge in [0.05, 0.1) is 11.4 Å². The number of carboxylic acids is 1. The number of aromatic nitrogens is 2. The van der Waals surface area contributed by atoms with E-state index in [-0.39, 0.29) is 11.7 Å². The van der Waals surface area contributed by atoms with Gasteiger partial charge in [0.25, 0.3) is 5.91 Å². The predicted molar refractivity (Wildman–Crippen MR) is 85.6 cm³/mol. The molecule has 0 radical (unpaired) electrons. The zero-order chi connectivity index (χ0) is 15.9. The van der Waals surface area contributed by atoms with E-state index in [4.69, 9.17) is 5.11 Å². The minimum atomic E-state index is -0.853. The number of carbonyl (C=O) groups excluding carboxylic acids is 1. The molecule has 6 nitrogen and oxygen atoms in total. The molecular weight excluding hydrogens is 302 g/mol. The summed E-state index contributed by atoms with van der Waals surface area (Å²) in [5.74, 6) is -0.518. The molecule has 1 aromatic carbocycles. The molecule has 2 N–H and O–H groups in total. The molecule has 2 aromatic rings. The molecule has 1 aromatic heterocycles. The zero-order valence-corrected chi connectivity index (χ0v) is 13.0. The van der Waals surface area contributed by atoms with Gasteiger partial charge in [0.2, 0.25) is 0 Å². The van der Waals surface area contributed by atoms with Crippen LogP contribution < -0.4 is 5.32 Å². The van der Waals surface area contributed by atoms with E-state index >= 15 is 0 Å². The van der Waals surface area contributed by atoms with E-state index in [2.05, 4.69) is 10.4 Å². The molecule has 0 unspecified atom stereocenters. The Morgan fingerprint density at radius 3 is 2.73 bits per heavy atom. The van der Waals surface area contributed by atoms with Crippen LogP contribution in [0.2, 0.25) is 0 Å². The van der Waals surface area contributed by atoms with Gasteiger partial charge in [-0.15, -0.1) is 11.8 Å². The summed E-state index contributed by atoms with van der Waals surface area (Å²) in [6.45, 7) is 2.30. The average Bonchev–Trinajstić information content (AvgIpc) is 2.89. The molecule has 0 aliphatic rings. The standard InChI is InChI=1S/C15H17N3O3S/c1-11-9-13(15(21)16-7-8-22-10-14(19)20)17-18(11)12-5-3-2-4-6-12/h2-6,9H,7-8,10H2,1H3,(H,16,21)(H,19,20). The highest BCUT2D eigenvalue weighted by Gasteiger charge is 2.12. The van der Waals surface area contributed by atoms with E-state index < -0.39 is 5.97 Å². The average molecular weight is 319 g/mol. The van der Waals surface area contributed by atoms with E-state index in [1.54, 1.807) is 10.7 Å². The van der Waals surface area contributed by atoms with Gasteiger partial charge >= 0.3 is 5.97 Å².